The molecule has 0 unspecified atom stereocenters. The molecule has 0 aliphatic rings. The van der Waals surface area contributed by atoms with E-state index in [1.165, 1.54) is 24.8 Å². The highest BCUT2D eigenvalue weighted by Crippen LogP contribution is 2.27. The molecule has 2 N–H and O–H groups in total. The Kier molecular flexibility index (Phi) is 3.50. The molecule has 0 amide bonds. The van der Waals surface area contributed by atoms with Gasteiger partial charge in [0.2, 0.25) is 0 Å². The first-order valence-electron chi connectivity index (χ1n) is 7.22. The Bertz CT molecular complexity index is 750. The summed E-state index contributed by atoms with van der Waals surface area (Å²) in [6.07, 6.45) is 6.61. The van der Waals surface area contributed by atoms with Gasteiger partial charge in [0.05, 0.1) is 5.52 Å². The van der Waals surface area contributed by atoms with E-state index in [4.69, 9.17) is 5.73 Å². The molecule has 0 saturated carbocycles. The fourth-order valence-electron chi connectivity index (χ4n) is 2.64. The molecule has 0 fully saturated rings. The molecule has 102 valence electrons. The molecule has 0 atom stereocenters. The van der Waals surface area contributed by atoms with Crippen molar-refractivity contribution in [1.82, 2.24) is 9.97 Å². The minimum atomic E-state index is 0.513. The second-order valence-electron chi connectivity index (χ2n) is 5.21. The van der Waals surface area contributed by atoms with Gasteiger partial charge in [-0.15, -0.1) is 0 Å². The Balaban J connectivity index is 2.09. The third kappa shape index (κ3) is 2.31. The summed E-state index contributed by atoms with van der Waals surface area (Å²) in [5, 5.41) is 2.21. The van der Waals surface area contributed by atoms with Crippen LogP contribution in [0.5, 0.6) is 0 Å². The van der Waals surface area contributed by atoms with Crippen molar-refractivity contribution >= 4 is 27.6 Å². The van der Waals surface area contributed by atoms with E-state index in [-0.39, 0.29) is 0 Å². The van der Waals surface area contributed by atoms with Crippen LogP contribution in [0, 0.1) is 0 Å². The molecule has 20 heavy (non-hydrogen) atoms. The minimum absolute atomic E-state index is 0.513. The van der Waals surface area contributed by atoms with E-state index >= 15 is 0 Å². The van der Waals surface area contributed by atoms with E-state index in [1.54, 1.807) is 6.20 Å². The highest BCUT2D eigenvalue weighted by Gasteiger charge is 2.07. The highest BCUT2D eigenvalue weighted by molar-refractivity contribution is 6.07. The number of pyridine rings is 2. The van der Waals surface area contributed by atoms with Crippen LogP contribution >= 0.6 is 0 Å². The summed E-state index contributed by atoms with van der Waals surface area (Å²) < 4.78 is 0. The number of unbranched alkanes of at least 4 members (excludes halogenated alkanes) is 2. The van der Waals surface area contributed by atoms with Crippen LogP contribution in [-0.2, 0) is 6.42 Å². The van der Waals surface area contributed by atoms with E-state index in [9.17, 15) is 0 Å². The molecule has 2 heterocycles. The van der Waals surface area contributed by atoms with Crippen molar-refractivity contribution in [3.63, 3.8) is 0 Å². The number of nitrogens with zero attached hydrogens (tertiary/aromatic N) is 2. The standard InChI is InChI=1S/C17H19N3/c1-2-3-4-6-12-8-9-13-14-7-5-10-19-16(14)17(18)20-15(13)11-12/h5,7-11H,2-4,6H2,1H3,(H2,18,20). The minimum Gasteiger partial charge on any atom is -0.382 e. The molecule has 0 radical (unpaired) electrons. The van der Waals surface area contributed by atoms with Crippen molar-refractivity contribution in [2.45, 2.75) is 32.6 Å². The molecular formula is C17H19N3. The number of aromatic nitrogens is 2. The maximum Gasteiger partial charge on any atom is 0.150 e. The van der Waals surface area contributed by atoms with Gasteiger partial charge in [-0.1, -0.05) is 38.0 Å². The Labute approximate surface area is 118 Å². The molecule has 3 rings (SSSR count). The molecule has 0 aliphatic heterocycles. The topological polar surface area (TPSA) is 51.8 Å². The first kappa shape index (κ1) is 12.9. The van der Waals surface area contributed by atoms with Gasteiger partial charge in [-0.05, 0) is 30.5 Å². The van der Waals surface area contributed by atoms with E-state index in [0.717, 1.165) is 28.2 Å². The van der Waals surface area contributed by atoms with Crippen molar-refractivity contribution < 1.29 is 0 Å². The molecular weight excluding hydrogens is 246 g/mol. The first-order valence-corrected chi connectivity index (χ1v) is 7.22. The van der Waals surface area contributed by atoms with E-state index in [2.05, 4.69) is 41.2 Å². The highest BCUT2D eigenvalue weighted by atomic mass is 14.9. The fraction of sp³-hybridized carbons (Fsp3) is 0.294. The van der Waals surface area contributed by atoms with Crippen LogP contribution in [0.3, 0.4) is 0 Å². The third-order valence-electron chi connectivity index (χ3n) is 3.71. The molecule has 0 spiro atoms. The van der Waals surface area contributed by atoms with E-state index in [1.807, 2.05) is 6.07 Å². The fourth-order valence-corrected chi connectivity index (χ4v) is 2.64. The average molecular weight is 265 g/mol. The largest absolute Gasteiger partial charge is 0.382 e. The molecule has 3 aromatic rings. The maximum atomic E-state index is 6.02. The van der Waals surface area contributed by atoms with Gasteiger partial charge in [0.15, 0.2) is 5.82 Å². The van der Waals surface area contributed by atoms with Gasteiger partial charge in [-0.25, -0.2) is 4.98 Å². The number of nitrogen functional groups attached to an aromatic ring is 1. The number of hydrogen-bond acceptors (Lipinski definition) is 3. The van der Waals surface area contributed by atoms with Crippen molar-refractivity contribution in [3.8, 4) is 0 Å². The van der Waals surface area contributed by atoms with Gasteiger partial charge in [0, 0.05) is 17.0 Å². The van der Waals surface area contributed by atoms with Crippen LogP contribution in [0.1, 0.15) is 31.7 Å². The summed E-state index contributed by atoms with van der Waals surface area (Å²) in [7, 11) is 0. The zero-order valence-electron chi connectivity index (χ0n) is 11.8. The van der Waals surface area contributed by atoms with E-state index in [0.29, 0.717) is 5.82 Å². The van der Waals surface area contributed by atoms with Crippen molar-refractivity contribution in [3.05, 3.63) is 42.1 Å². The number of aryl methyl sites for hydroxylation is 1. The van der Waals surface area contributed by atoms with Crippen molar-refractivity contribution in [1.29, 1.82) is 0 Å². The van der Waals surface area contributed by atoms with Gasteiger partial charge >= 0.3 is 0 Å². The predicted molar refractivity (Wildman–Crippen MR) is 84.7 cm³/mol. The summed E-state index contributed by atoms with van der Waals surface area (Å²) in [6.45, 7) is 2.22. The molecule has 0 bridgehead atoms. The number of nitrogens with two attached hydrogens (primary N) is 1. The zero-order valence-corrected chi connectivity index (χ0v) is 11.8. The second-order valence-corrected chi connectivity index (χ2v) is 5.21. The molecule has 1 aromatic carbocycles. The van der Waals surface area contributed by atoms with Crippen LogP contribution in [0.25, 0.3) is 21.8 Å². The summed E-state index contributed by atoms with van der Waals surface area (Å²) in [5.41, 5.74) is 9.11. The lowest BCUT2D eigenvalue weighted by atomic mass is 10.0. The Morgan fingerprint density at radius 2 is 2.00 bits per heavy atom. The van der Waals surface area contributed by atoms with Crippen molar-refractivity contribution in [2.75, 3.05) is 5.73 Å². The maximum absolute atomic E-state index is 6.02. The van der Waals surface area contributed by atoms with Gasteiger partial charge in [-0.3, -0.25) is 4.98 Å². The monoisotopic (exact) mass is 265 g/mol. The normalized spacial score (nSPS) is 11.2. The van der Waals surface area contributed by atoms with Gasteiger partial charge in [0.25, 0.3) is 0 Å². The molecule has 0 aliphatic carbocycles. The predicted octanol–water partition coefficient (Wildman–Crippen LogP) is 4.10. The Morgan fingerprint density at radius 3 is 2.85 bits per heavy atom. The molecule has 0 saturated heterocycles. The number of fused-ring (bicyclic) bond motifs is 3. The van der Waals surface area contributed by atoms with Crippen LogP contribution in [0.4, 0.5) is 5.82 Å². The smallest absolute Gasteiger partial charge is 0.150 e. The summed E-state index contributed by atoms with van der Waals surface area (Å²) in [4.78, 5) is 8.83. The van der Waals surface area contributed by atoms with Crippen molar-refractivity contribution in [2.24, 2.45) is 0 Å². The number of rotatable bonds is 4. The zero-order chi connectivity index (χ0) is 13.9. The Morgan fingerprint density at radius 1 is 1.10 bits per heavy atom. The molecule has 3 heteroatoms. The van der Waals surface area contributed by atoms with Crippen LogP contribution in [-0.4, -0.2) is 9.97 Å². The SMILES string of the molecule is CCCCCc1ccc2c(c1)nc(N)c1ncccc12. The average Bonchev–Trinajstić information content (AvgIpc) is 2.48. The first-order chi connectivity index (χ1) is 9.79. The van der Waals surface area contributed by atoms with E-state index < -0.39 is 0 Å². The lowest BCUT2D eigenvalue weighted by Crippen LogP contribution is -1.96. The summed E-state index contributed by atoms with van der Waals surface area (Å²) in [6, 6.07) is 10.5. The number of hydrogen-bond donors (Lipinski definition) is 1. The van der Waals surface area contributed by atoms with Gasteiger partial charge in [0.1, 0.15) is 5.52 Å². The summed E-state index contributed by atoms with van der Waals surface area (Å²) in [5.74, 6) is 0.513. The van der Waals surface area contributed by atoms with Gasteiger partial charge < -0.3 is 5.73 Å². The second kappa shape index (κ2) is 5.45. The quantitative estimate of drug-likeness (QED) is 0.571. The van der Waals surface area contributed by atoms with Crippen LogP contribution in [0.15, 0.2) is 36.5 Å². The third-order valence-corrected chi connectivity index (χ3v) is 3.71. The number of anilines is 1. The molecule has 3 nitrogen and oxygen atoms in total. The van der Waals surface area contributed by atoms with Crippen LogP contribution in [0.2, 0.25) is 0 Å². The lowest BCUT2D eigenvalue weighted by Gasteiger charge is -2.07. The Hall–Kier alpha value is -2.16. The lowest BCUT2D eigenvalue weighted by molar-refractivity contribution is 0.718. The number of benzene rings is 1. The van der Waals surface area contributed by atoms with Gasteiger partial charge in [-0.2, -0.15) is 0 Å². The summed E-state index contributed by atoms with van der Waals surface area (Å²) >= 11 is 0. The molecule has 2 aromatic heterocycles. The van der Waals surface area contributed by atoms with Crippen LogP contribution < -0.4 is 5.73 Å².